The lowest BCUT2D eigenvalue weighted by Crippen LogP contribution is -2.40. The van der Waals surface area contributed by atoms with Crippen molar-refractivity contribution < 1.29 is 9.53 Å². The Hall–Kier alpha value is -2.93. The van der Waals surface area contributed by atoms with Crippen LogP contribution in [0.2, 0.25) is 0 Å². The van der Waals surface area contributed by atoms with Crippen LogP contribution in [0.15, 0.2) is 52.0 Å². The number of nitrogens with zero attached hydrogens (tertiary/aromatic N) is 2. The van der Waals surface area contributed by atoms with E-state index < -0.39 is 0 Å². The first-order valence-electron chi connectivity index (χ1n) is 9.70. The van der Waals surface area contributed by atoms with Gasteiger partial charge >= 0.3 is 0 Å². The topological polar surface area (TPSA) is 75.3 Å². The second kappa shape index (κ2) is 8.61. The van der Waals surface area contributed by atoms with Crippen LogP contribution in [0.1, 0.15) is 36.7 Å². The molecule has 1 unspecified atom stereocenters. The number of piperidine rings is 1. The second-order valence-electron chi connectivity index (χ2n) is 7.15. The fraction of sp³-hybridized carbons (Fsp3) is 0.318. The number of amides is 1. The molecule has 3 aromatic rings. The summed E-state index contributed by atoms with van der Waals surface area (Å²) in [6, 6.07) is 10.8. The number of hydrogen-bond acceptors (Lipinski definition) is 5. The summed E-state index contributed by atoms with van der Waals surface area (Å²) in [7, 11) is 1.62. The van der Waals surface area contributed by atoms with Gasteiger partial charge in [0.1, 0.15) is 11.6 Å². The van der Waals surface area contributed by atoms with E-state index in [9.17, 15) is 9.59 Å². The number of carbonyl (C=O) groups is 1. The smallest absolute Gasteiger partial charge is 0.251 e. The number of rotatable bonds is 5. The first-order valence-corrected chi connectivity index (χ1v) is 10.6. The van der Waals surface area contributed by atoms with Crippen LogP contribution < -0.4 is 10.3 Å². The Kier molecular flexibility index (Phi) is 5.76. The Labute approximate surface area is 173 Å². The van der Waals surface area contributed by atoms with Crippen molar-refractivity contribution in [3.63, 3.8) is 0 Å². The van der Waals surface area contributed by atoms with Gasteiger partial charge in [0.25, 0.3) is 5.56 Å². The molecule has 1 aliphatic rings. The Morgan fingerprint density at radius 3 is 2.83 bits per heavy atom. The molecular formula is C22H23N3O3S. The minimum atomic E-state index is -0.208. The highest BCUT2D eigenvalue weighted by atomic mass is 32.1. The third-order valence-electron chi connectivity index (χ3n) is 5.23. The van der Waals surface area contributed by atoms with Crippen LogP contribution in [-0.4, -0.2) is 34.4 Å². The van der Waals surface area contributed by atoms with Crippen LogP contribution in [0.4, 0.5) is 0 Å². The molecule has 6 nitrogen and oxygen atoms in total. The van der Waals surface area contributed by atoms with Gasteiger partial charge in [0.15, 0.2) is 0 Å². The number of methoxy groups -OCH3 is 1. The van der Waals surface area contributed by atoms with Crippen molar-refractivity contribution in [1.82, 2.24) is 14.9 Å². The quantitative estimate of drug-likeness (QED) is 0.695. The summed E-state index contributed by atoms with van der Waals surface area (Å²) in [5, 5.41) is 3.93. The monoisotopic (exact) mass is 409 g/mol. The van der Waals surface area contributed by atoms with Gasteiger partial charge in [-0.2, -0.15) is 11.3 Å². The van der Waals surface area contributed by atoms with Crippen LogP contribution in [0, 0.1) is 0 Å². The number of aromatic nitrogens is 2. The minimum Gasteiger partial charge on any atom is -0.497 e. The number of thiophene rings is 1. The molecule has 7 heteroatoms. The molecule has 0 radical (unpaired) electrons. The molecule has 1 fully saturated rings. The molecule has 0 spiro atoms. The molecule has 3 heterocycles. The van der Waals surface area contributed by atoms with E-state index in [1.54, 1.807) is 18.4 Å². The van der Waals surface area contributed by atoms with Crippen molar-refractivity contribution in [3.8, 4) is 17.0 Å². The molecule has 1 amide bonds. The van der Waals surface area contributed by atoms with Crippen LogP contribution in [0.25, 0.3) is 11.3 Å². The number of nitrogens with one attached hydrogen (secondary N) is 1. The number of likely N-dealkylation sites (tertiary alicyclic amines) is 1. The largest absolute Gasteiger partial charge is 0.497 e. The Bertz CT molecular complexity index is 1030. The molecule has 2 aromatic heterocycles. The van der Waals surface area contributed by atoms with E-state index in [-0.39, 0.29) is 17.5 Å². The fourth-order valence-corrected chi connectivity index (χ4v) is 4.38. The zero-order valence-corrected chi connectivity index (χ0v) is 17.1. The third kappa shape index (κ3) is 4.40. The zero-order valence-electron chi connectivity index (χ0n) is 16.3. The lowest BCUT2D eigenvalue weighted by Gasteiger charge is -2.35. The summed E-state index contributed by atoms with van der Waals surface area (Å²) >= 11 is 1.57. The predicted molar refractivity (Wildman–Crippen MR) is 113 cm³/mol. The van der Waals surface area contributed by atoms with Gasteiger partial charge in [-0.25, -0.2) is 4.98 Å². The van der Waals surface area contributed by atoms with Crippen molar-refractivity contribution in [2.75, 3.05) is 13.7 Å². The number of ether oxygens (including phenoxy) is 1. The standard InChI is InChI=1S/C22H23N3O3S/c1-28-17-7-5-15(6-8-17)12-21(27)25-10-3-2-4-19(25)22-23-18(13-20(26)24-22)16-9-11-29-14-16/h5-9,11,13-14,19H,2-4,10,12H2,1H3,(H,23,24,26). The van der Waals surface area contributed by atoms with E-state index in [0.717, 1.165) is 36.1 Å². The summed E-state index contributed by atoms with van der Waals surface area (Å²) in [5.74, 6) is 1.38. The summed E-state index contributed by atoms with van der Waals surface area (Å²) in [6.45, 7) is 0.673. The van der Waals surface area contributed by atoms with Gasteiger partial charge in [-0.05, 0) is 48.4 Å². The first-order chi connectivity index (χ1) is 14.1. The number of benzene rings is 1. The summed E-state index contributed by atoms with van der Waals surface area (Å²) in [6.07, 6.45) is 3.07. The Morgan fingerprint density at radius 2 is 2.10 bits per heavy atom. The third-order valence-corrected chi connectivity index (χ3v) is 5.91. The normalized spacial score (nSPS) is 16.6. The van der Waals surface area contributed by atoms with Gasteiger partial charge in [0.05, 0.1) is 25.3 Å². The molecule has 1 N–H and O–H groups in total. The summed E-state index contributed by atoms with van der Waals surface area (Å²) < 4.78 is 5.18. The molecule has 1 aliphatic heterocycles. The molecule has 1 atom stereocenters. The van der Waals surface area contributed by atoms with Crippen LogP contribution in [0.3, 0.4) is 0 Å². The Balaban J connectivity index is 1.58. The molecule has 0 bridgehead atoms. The van der Waals surface area contributed by atoms with E-state index in [0.29, 0.717) is 24.5 Å². The lowest BCUT2D eigenvalue weighted by molar-refractivity contribution is -0.134. The number of hydrogen-bond donors (Lipinski definition) is 1. The average Bonchev–Trinajstić information content (AvgIpc) is 3.29. The molecule has 1 saturated heterocycles. The Morgan fingerprint density at radius 1 is 1.28 bits per heavy atom. The van der Waals surface area contributed by atoms with Crippen molar-refractivity contribution in [2.45, 2.75) is 31.7 Å². The SMILES string of the molecule is COc1ccc(CC(=O)N2CCCCC2c2nc(-c3ccsc3)cc(=O)[nH]2)cc1. The highest BCUT2D eigenvalue weighted by Crippen LogP contribution is 2.30. The van der Waals surface area contributed by atoms with Gasteiger partial charge in [-0.1, -0.05) is 12.1 Å². The fourth-order valence-electron chi connectivity index (χ4n) is 3.73. The maximum atomic E-state index is 13.1. The zero-order chi connectivity index (χ0) is 20.2. The van der Waals surface area contributed by atoms with Gasteiger partial charge in [-0.3, -0.25) is 9.59 Å². The van der Waals surface area contributed by atoms with Crippen LogP contribution >= 0.6 is 11.3 Å². The van der Waals surface area contributed by atoms with Crippen molar-refractivity contribution in [2.24, 2.45) is 0 Å². The van der Waals surface area contributed by atoms with E-state index in [1.807, 2.05) is 46.0 Å². The molecule has 0 saturated carbocycles. The van der Waals surface area contributed by atoms with Gasteiger partial charge < -0.3 is 14.6 Å². The number of H-pyrrole nitrogens is 1. The second-order valence-corrected chi connectivity index (χ2v) is 7.93. The van der Waals surface area contributed by atoms with E-state index in [2.05, 4.69) is 4.98 Å². The van der Waals surface area contributed by atoms with Crippen LogP contribution in [-0.2, 0) is 11.2 Å². The molecule has 4 rings (SSSR count). The van der Waals surface area contributed by atoms with E-state index in [4.69, 9.17) is 9.72 Å². The summed E-state index contributed by atoms with van der Waals surface area (Å²) in [5.41, 5.74) is 2.32. The maximum Gasteiger partial charge on any atom is 0.251 e. The maximum absolute atomic E-state index is 13.1. The molecular weight excluding hydrogens is 386 g/mol. The van der Waals surface area contributed by atoms with E-state index >= 15 is 0 Å². The van der Waals surface area contributed by atoms with Gasteiger partial charge in [0.2, 0.25) is 5.91 Å². The van der Waals surface area contributed by atoms with Gasteiger partial charge in [0, 0.05) is 23.6 Å². The van der Waals surface area contributed by atoms with Crippen molar-refractivity contribution >= 4 is 17.2 Å². The molecule has 150 valence electrons. The summed E-state index contributed by atoms with van der Waals surface area (Å²) in [4.78, 5) is 34.8. The highest BCUT2D eigenvalue weighted by molar-refractivity contribution is 7.08. The van der Waals surface area contributed by atoms with E-state index in [1.165, 1.54) is 6.07 Å². The molecule has 0 aliphatic carbocycles. The average molecular weight is 410 g/mol. The number of aromatic amines is 1. The molecule has 1 aromatic carbocycles. The highest BCUT2D eigenvalue weighted by Gasteiger charge is 2.30. The predicted octanol–water partition coefficient (Wildman–Crippen LogP) is 3.80. The molecule has 29 heavy (non-hydrogen) atoms. The minimum absolute atomic E-state index is 0.0449. The van der Waals surface area contributed by atoms with Crippen LogP contribution in [0.5, 0.6) is 5.75 Å². The first kappa shape index (κ1) is 19.4. The van der Waals surface area contributed by atoms with Crippen molar-refractivity contribution in [3.05, 3.63) is 68.9 Å². The van der Waals surface area contributed by atoms with Crippen molar-refractivity contribution in [1.29, 1.82) is 0 Å². The van der Waals surface area contributed by atoms with Gasteiger partial charge in [-0.15, -0.1) is 0 Å². The lowest BCUT2D eigenvalue weighted by atomic mass is 9.99. The number of carbonyl (C=O) groups excluding carboxylic acids is 1.